The second kappa shape index (κ2) is 5.65. The van der Waals surface area contributed by atoms with Crippen molar-refractivity contribution in [1.82, 2.24) is 0 Å². The fourth-order valence-electron chi connectivity index (χ4n) is 1.49. The molecule has 0 aliphatic heterocycles. The fraction of sp³-hybridized carbons (Fsp3) is 0.143. The first-order valence-corrected chi connectivity index (χ1v) is 6.04. The zero-order chi connectivity index (χ0) is 13.0. The molecule has 0 unspecified atom stereocenters. The first kappa shape index (κ1) is 12.6. The number of hydrogen-bond acceptors (Lipinski definition) is 2. The van der Waals surface area contributed by atoms with Gasteiger partial charge >= 0.3 is 0 Å². The average molecular weight is 260 g/mol. The first-order chi connectivity index (χ1) is 8.68. The summed E-state index contributed by atoms with van der Waals surface area (Å²) in [6.07, 6.45) is 0. The molecule has 18 heavy (non-hydrogen) atoms. The molecule has 0 fully saturated rings. The lowest BCUT2D eigenvalue weighted by Gasteiger charge is -2.04. The smallest absolute Gasteiger partial charge is 0.106 e. The Hall–Kier alpha value is -1.87. The van der Waals surface area contributed by atoms with E-state index in [0.717, 1.165) is 16.8 Å². The summed E-state index contributed by atoms with van der Waals surface area (Å²) in [6, 6.07) is 13.5. The van der Waals surface area contributed by atoms with Crippen LogP contribution in [0.1, 0.15) is 11.1 Å². The van der Waals surface area contributed by atoms with Crippen LogP contribution in [0.15, 0.2) is 52.8 Å². The number of aryl methyl sites for hydroxylation is 1. The third-order valence-electron chi connectivity index (χ3n) is 2.75. The van der Waals surface area contributed by atoms with Crippen LogP contribution in [0, 0.1) is 13.8 Å². The van der Waals surface area contributed by atoms with Crippen molar-refractivity contribution >= 4 is 23.0 Å². The van der Waals surface area contributed by atoms with E-state index in [1.807, 2.05) is 56.3 Å². The number of halogens is 1. The largest absolute Gasteiger partial charge is 0.260 e. The normalized spacial score (nSPS) is 10.8. The Morgan fingerprint density at radius 2 is 1.72 bits per heavy atom. The standard InChI is InChI=1S/C14H14ClN3/c1-10-8-9-13(14(15)11(10)2)17-18-16-12-6-4-3-5-7-12/h3-9H,1-2H3,(H,16,17). The van der Waals surface area contributed by atoms with Crippen LogP contribution >= 0.6 is 11.6 Å². The van der Waals surface area contributed by atoms with Crippen molar-refractivity contribution in [2.24, 2.45) is 10.3 Å². The Labute approximate surface area is 111 Å². The van der Waals surface area contributed by atoms with E-state index in [9.17, 15) is 0 Å². The van der Waals surface area contributed by atoms with Crippen LogP contribution in [0.2, 0.25) is 5.02 Å². The number of rotatable bonds is 3. The Morgan fingerprint density at radius 1 is 1.00 bits per heavy atom. The van der Waals surface area contributed by atoms with E-state index in [-0.39, 0.29) is 0 Å². The minimum Gasteiger partial charge on any atom is -0.260 e. The molecule has 0 spiro atoms. The summed E-state index contributed by atoms with van der Waals surface area (Å²) < 4.78 is 0. The summed E-state index contributed by atoms with van der Waals surface area (Å²) >= 11 is 6.20. The minimum atomic E-state index is 0.647. The van der Waals surface area contributed by atoms with Crippen molar-refractivity contribution in [1.29, 1.82) is 0 Å². The lowest BCUT2D eigenvalue weighted by Crippen LogP contribution is -1.86. The monoisotopic (exact) mass is 259 g/mol. The molecule has 4 heteroatoms. The SMILES string of the molecule is Cc1ccc(N=NNc2ccccc2)c(Cl)c1C. The van der Waals surface area contributed by atoms with Crippen LogP contribution in [0.25, 0.3) is 0 Å². The molecule has 2 aromatic rings. The van der Waals surface area contributed by atoms with Crippen molar-refractivity contribution in [3.8, 4) is 0 Å². The second-order valence-electron chi connectivity index (χ2n) is 4.02. The van der Waals surface area contributed by atoms with Gasteiger partial charge in [-0.05, 0) is 43.2 Å². The van der Waals surface area contributed by atoms with Gasteiger partial charge in [0.05, 0.1) is 10.7 Å². The molecule has 3 nitrogen and oxygen atoms in total. The lowest BCUT2D eigenvalue weighted by molar-refractivity contribution is 1.12. The van der Waals surface area contributed by atoms with Gasteiger partial charge < -0.3 is 0 Å². The minimum absolute atomic E-state index is 0.647. The highest BCUT2D eigenvalue weighted by Gasteiger charge is 2.04. The molecule has 0 atom stereocenters. The topological polar surface area (TPSA) is 36.8 Å². The average Bonchev–Trinajstić information content (AvgIpc) is 2.40. The van der Waals surface area contributed by atoms with Crippen molar-refractivity contribution in [2.45, 2.75) is 13.8 Å². The molecule has 0 bridgehead atoms. The van der Waals surface area contributed by atoms with Gasteiger partial charge in [-0.3, -0.25) is 5.43 Å². The van der Waals surface area contributed by atoms with E-state index < -0.39 is 0 Å². The lowest BCUT2D eigenvalue weighted by atomic mass is 10.1. The van der Waals surface area contributed by atoms with Gasteiger partial charge in [-0.25, -0.2) is 0 Å². The van der Waals surface area contributed by atoms with E-state index in [4.69, 9.17) is 11.6 Å². The predicted octanol–water partition coefficient (Wildman–Crippen LogP) is 5.07. The van der Waals surface area contributed by atoms with Crippen molar-refractivity contribution < 1.29 is 0 Å². The molecule has 0 aliphatic carbocycles. The summed E-state index contributed by atoms with van der Waals surface area (Å²) in [7, 11) is 0. The molecule has 0 heterocycles. The third kappa shape index (κ3) is 2.87. The third-order valence-corrected chi connectivity index (χ3v) is 3.22. The van der Waals surface area contributed by atoms with E-state index in [2.05, 4.69) is 15.8 Å². The van der Waals surface area contributed by atoms with E-state index in [1.54, 1.807) is 0 Å². The van der Waals surface area contributed by atoms with E-state index >= 15 is 0 Å². The first-order valence-electron chi connectivity index (χ1n) is 5.66. The highest BCUT2D eigenvalue weighted by Crippen LogP contribution is 2.30. The predicted molar refractivity (Wildman–Crippen MR) is 75.5 cm³/mol. The zero-order valence-corrected chi connectivity index (χ0v) is 11.1. The maximum atomic E-state index is 6.20. The van der Waals surface area contributed by atoms with Gasteiger partial charge in [-0.2, -0.15) is 0 Å². The highest BCUT2D eigenvalue weighted by atomic mass is 35.5. The van der Waals surface area contributed by atoms with Crippen LogP contribution < -0.4 is 5.43 Å². The number of benzene rings is 2. The van der Waals surface area contributed by atoms with Gasteiger partial charge in [0.25, 0.3) is 0 Å². The van der Waals surface area contributed by atoms with Crippen LogP contribution in [-0.4, -0.2) is 0 Å². The van der Waals surface area contributed by atoms with Crippen LogP contribution in [-0.2, 0) is 0 Å². The molecule has 2 aromatic carbocycles. The quantitative estimate of drug-likeness (QED) is 0.606. The summed E-state index contributed by atoms with van der Waals surface area (Å²) in [6.45, 7) is 3.99. The van der Waals surface area contributed by atoms with Gasteiger partial charge in [0.15, 0.2) is 0 Å². The molecular formula is C14H14ClN3. The molecule has 0 aromatic heterocycles. The Morgan fingerprint density at radius 3 is 2.44 bits per heavy atom. The van der Waals surface area contributed by atoms with Crippen LogP contribution in [0.5, 0.6) is 0 Å². The molecule has 0 radical (unpaired) electrons. The molecule has 0 saturated heterocycles. The summed E-state index contributed by atoms with van der Waals surface area (Å²) in [5, 5.41) is 8.67. The molecule has 1 N–H and O–H groups in total. The van der Waals surface area contributed by atoms with Gasteiger partial charge in [0.2, 0.25) is 0 Å². The molecular weight excluding hydrogens is 246 g/mol. The Bertz CT molecular complexity index is 565. The van der Waals surface area contributed by atoms with Gasteiger partial charge in [0.1, 0.15) is 5.69 Å². The summed E-state index contributed by atoms with van der Waals surface area (Å²) in [5.74, 6) is 0. The summed E-state index contributed by atoms with van der Waals surface area (Å²) in [4.78, 5) is 0. The van der Waals surface area contributed by atoms with Crippen LogP contribution in [0.4, 0.5) is 11.4 Å². The van der Waals surface area contributed by atoms with Gasteiger partial charge in [-0.15, -0.1) is 5.11 Å². The molecule has 92 valence electrons. The van der Waals surface area contributed by atoms with Crippen molar-refractivity contribution in [3.05, 3.63) is 58.6 Å². The van der Waals surface area contributed by atoms with E-state index in [1.165, 1.54) is 0 Å². The zero-order valence-electron chi connectivity index (χ0n) is 10.3. The van der Waals surface area contributed by atoms with Crippen LogP contribution in [0.3, 0.4) is 0 Å². The van der Waals surface area contributed by atoms with Gasteiger partial charge in [0, 0.05) is 0 Å². The maximum Gasteiger partial charge on any atom is 0.106 e. The number of anilines is 1. The molecule has 2 rings (SSSR count). The number of hydrogen-bond donors (Lipinski definition) is 1. The molecule has 0 aliphatic rings. The van der Waals surface area contributed by atoms with E-state index in [0.29, 0.717) is 10.7 Å². The van der Waals surface area contributed by atoms with Crippen molar-refractivity contribution in [2.75, 3.05) is 5.43 Å². The fourth-order valence-corrected chi connectivity index (χ4v) is 1.74. The maximum absolute atomic E-state index is 6.20. The second-order valence-corrected chi connectivity index (χ2v) is 4.40. The molecule has 0 amide bonds. The Balaban J connectivity index is 2.13. The van der Waals surface area contributed by atoms with Gasteiger partial charge in [-0.1, -0.05) is 41.1 Å². The molecule has 0 saturated carbocycles. The number of para-hydroxylation sites is 1. The van der Waals surface area contributed by atoms with Crippen molar-refractivity contribution in [3.63, 3.8) is 0 Å². The number of nitrogens with zero attached hydrogens (tertiary/aromatic N) is 2. The number of nitrogens with one attached hydrogen (secondary N) is 1. The summed E-state index contributed by atoms with van der Waals surface area (Å²) in [5.41, 5.74) is 6.60. The Kier molecular flexibility index (Phi) is 3.95. The highest BCUT2D eigenvalue weighted by molar-refractivity contribution is 6.33.